The molecule has 0 saturated heterocycles. The van der Waals surface area contributed by atoms with Crippen LogP contribution in [0.3, 0.4) is 0 Å². The number of para-hydroxylation sites is 1. The van der Waals surface area contributed by atoms with Gasteiger partial charge in [0.1, 0.15) is 5.56 Å². The molecule has 1 aliphatic heterocycles. The van der Waals surface area contributed by atoms with E-state index in [0.29, 0.717) is 22.6 Å². The Morgan fingerprint density at radius 1 is 1.05 bits per heavy atom. The van der Waals surface area contributed by atoms with Gasteiger partial charge in [0, 0.05) is 11.3 Å². The molecule has 2 N–H and O–H groups in total. The van der Waals surface area contributed by atoms with Crippen molar-refractivity contribution in [3.63, 3.8) is 0 Å². The van der Waals surface area contributed by atoms with E-state index in [1.165, 1.54) is 14.2 Å². The minimum absolute atomic E-state index is 0.383. The number of hydrogen-bond donors (Lipinski definition) is 2. The summed E-state index contributed by atoms with van der Waals surface area (Å²) < 4.78 is 15.8. The molecule has 114 valence electrons. The number of carbonyl (C=O) groups is 1. The van der Waals surface area contributed by atoms with Crippen LogP contribution in [0.2, 0.25) is 0 Å². The Hall–Kier alpha value is -2.73. The Morgan fingerprint density at radius 2 is 1.82 bits per heavy atom. The highest BCUT2D eigenvalue weighted by Crippen LogP contribution is 2.40. The number of hydrazine groups is 1. The third-order valence-electron chi connectivity index (χ3n) is 3.41. The average molecular weight is 300 g/mol. The summed E-state index contributed by atoms with van der Waals surface area (Å²) in [6.45, 7) is 0. The number of anilines is 1. The molecule has 1 heterocycles. The van der Waals surface area contributed by atoms with Crippen LogP contribution in [-0.4, -0.2) is 20.2 Å². The van der Waals surface area contributed by atoms with Crippen LogP contribution >= 0.6 is 0 Å². The van der Waals surface area contributed by atoms with Crippen LogP contribution < -0.4 is 20.3 Å². The Bertz CT molecular complexity index is 688. The van der Waals surface area contributed by atoms with Gasteiger partial charge in [0.15, 0.2) is 17.7 Å². The van der Waals surface area contributed by atoms with Crippen LogP contribution in [0.4, 0.5) is 5.69 Å². The van der Waals surface area contributed by atoms with E-state index < -0.39 is 12.2 Å². The lowest BCUT2D eigenvalue weighted by atomic mass is 10.1. The van der Waals surface area contributed by atoms with Crippen LogP contribution in [0, 0.1) is 0 Å². The number of cyclic esters (lactones) is 1. The van der Waals surface area contributed by atoms with E-state index in [2.05, 4.69) is 10.9 Å². The maximum atomic E-state index is 12.1. The van der Waals surface area contributed by atoms with E-state index in [1.54, 1.807) is 12.1 Å². The second-order valence-corrected chi connectivity index (χ2v) is 4.69. The fraction of sp³-hybridized carbons (Fsp3) is 0.188. The van der Waals surface area contributed by atoms with Crippen LogP contribution in [-0.2, 0) is 4.74 Å². The molecule has 0 unspecified atom stereocenters. The monoisotopic (exact) mass is 300 g/mol. The fourth-order valence-corrected chi connectivity index (χ4v) is 2.38. The van der Waals surface area contributed by atoms with Gasteiger partial charge in [-0.2, -0.15) is 5.43 Å². The molecule has 1 atom stereocenters. The van der Waals surface area contributed by atoms with Crippen molar-refractivity contribution >= 4 is 11.7 Å². The maximum absolute atomic E-state index is 12.1. The van der Waals surface area contributed by atoms with Gasteiger partial charge in [0.25, 0.3) is 0 Å². The number of benzene rings is 2. The molecule has 2 aromatic carbocycles. The molecule has 0 fully saturated rings. The average Bonchev–Trinajstić information content (AvgIpc) is 2.89. The number of hydrogen-bond acceptors (Lipinski definition) is 6. The van der Waals surface area contributed by atoms with Gasteiger partial charge in [-0.1, -0.05) is 18.2 Å². The van der Waals surface area contributed by atoms with E-state index in [4.69, 9.17) is 14.2 Å². The molecule has 0 amide bonds. The van der Waals surface area contributed by atoms with Crippen molar-refractivity contribution in [2.45, 2.75) is 6.23 Å². The number of ether oxygens (including phenoxy) is 3. The van der Waals surface area contributed by atoms with E-state index in [1.807, 2.05) is 30.3 Å². The first-order valence-electron chi connectivity index (χ1n) is 6.77. The summed E-state index contributed by atoms with van der Waals surface area (Å²) in [4.78, 5) is 12.1. The molecule has 0 aliphatic carbocycles. The maximum Gasteiger partial charge on any atom is 0.344 e. The van der Waals surface area contributed by atoms with Crippen molar-refractivity contribution in [1.29, 1.82) is 0 Å². The Morgan fingerprint density at radius 3 is 2.50 bits per heavy atom. The highest BCUT2D eigenvalue weighted by molar-refractivity contribution is 5.98. The third-order valence-corrected chi connectivity index (χ3v) is 3.41. The number of esters is 1. The van der Waals surface area contributed by atoms with Crippen LogP contribution in [0.5, 0.6) is 11.5 Å². The number of fused-ring (bicyclic) bond motifs is 1. The Balaban J connectivity index is 1.85. The largest absolute Gasteiger partial charge is 0.493 e. The first kappa shape index (κ1) is 14.2. The minimum Gasteiger partial charge on any atom is -0.493 e. The van der Waals surface area contributed by atoms with E-state index >= 15 is 0 Å². The van der Waals surface area contributed by atoms with E-state index in [9.17, 15) is 4.79 Å². The molecule has 0 spiro atoms. The lowest BCUT2D eigenvalue weighted by Crippen LogP contribution is -2.27. The molecule has 3 rings (SSSR count). The molecule has 22 heavy (non-hydrogen) atoms. The lowest BCUT2D eigenvalue weighted by Gasteiger charge is -2.15. The molecule has 6 heteroatoms. The molecule has 6 nitrogen and oxygen atoms in total. The summed E-state index contributed by atoms with van der Waals surface area (Å²) in [5, 5.41) is 0. The normalized spacial score (nSPS) is 15.9. The molecular formula is C16H16N2O4. The molecule has 0 aromatic heterocycles. The molecule has 0 bridgehead atoms. The van der Waals surface area contributed by atoms with Crippen molar-refractivity contribution < 1.29 is 19.0 Å². The second-order valence-electron chi connectivity index (χ2n) is 4.69. The van der Waals surface area contributed by atoms with Gasteiger partial charge in [0.2, 0.25) is 0 Å². The highest BCUT2D eigenvalue weighted by atomic mass is 16.6. The topological polar surface area (TPSA) is 68.8 Å². The van der Waals surface area contributed by atoms with Crippen molar-refractivity contribution in [2.75, 3.05) is 19.6 Å². The Kier molecular flexibility index (Phi) is 3.84. The van der Waals surface area contributed by atoms with Gasteiger partial charge < -0.3 is 19.6 Å². The SMILES string of the molecule is COc1ccc2c(c1OC)C(=O)O[C@H]2NNc1ccccc1. The predicted octanol–water partition coefficient (Wildman–Crippen LogP) is 2.49. The van der Waals surface area contributed by atoms with Crippen LogP contribution in [0.25, 0.3) is 0 Å². The predicted molar refractivity (Wildman–Crippen MR) is 80.9 cm³/mol. The van der Waals surface area contributed by atoms with Gasteiger partial charge in [-0.3, -0.25) is 0 Å². The summed E-state index contributed by atoms with van der Waals surface area (Å²) >= 11 is 0. The van der Waals surface area contributed by atoms with Gasteiger partial charge >= 0.3 is 5.97 Å². The van der Waals surface area contributed by atoms with E-state index in [0.717, 1.165) is 5.69 Å². The second kappa shape index (κ2) is 5.95. The number of rotatable bonds is 5. The minimum atomic E-state index is -0.595. The zero-order valence-corrected chi connectivity index (χ0v) is 12.3. The Labute approximate surface area is 128 Å². The van der Waals surface area contributed by atoms with Crippen molar-refractivity contribution in [3.8, 4) is 11.5 Å². The summed E-state index contributed by atoms with van der Waals surface area (Å²) in [5.41, 5.74) is 7.95. The number of methoxy groups -OCH3 is 2. The standard InChI is InChI=1S/C16H16N2O4/c1-20-12-9-8-11-13(14(12)21-2)16(19)22-15(11)18-17-10-6-4-3-5-7-10/h3-9,15,17-18H,1-2H3/t15-/m1/s1. The first-order valence-corrected chi connectivity index (χ1v) is 6.77. The molecule has 1 aliphatic rings. The fourth-order valence-electron chi connectivity index (χ4n) is 2.38. The van der Waals surface area contributed by atoms with Crippen molar-refractivity contribution in [2.24, 2.45) is 0 Å². The van der Waals surface area contributed by atoms with Gasteiger partial charge in [-0.15, -0.1) is 0 Å². The number of carbonyl (C=O) groups excluding carboxylic acids is 1. The van der Waals surface area contributed by atoms with Gasteiger partial charge in [0.05, 0.1) is 14.2 Å². The van der Waals surface area contributed by atoms with Crippen LogP contribution in [0.15, 0.2) is 42.5 Å². The smallest absolute Gasteiger partial charge is 0.344 e. The zero-order valence-electron chi connectivity index (χ0n) is 12.3. The zero-order chi connectivity index (χ0) is 15.5. The first-order chi connectivity index (χ1) is 10.7. The molecule has 0 radical (unpaired) electrons. The number of nitrogens with one attached hydrogen (secondary N) is 2. The van der Waals surface area contributed by atoms with Crippen molar-refractivity contribution in [1.82, 2.24) is 5.43 Å². The molecule has 0 saturated carbocycles. The molecular weight excluding hydrogens is 284 g/mol. The molecule has 2 aromatic rings. The van der Waals surface area contributed by atoms with Gasteiger partial charge in [-0.05, 0) is 24.3 Å². The van der Waals surface area contributed by atoms with Crippen LogP contribution in [0.1, 0.15) is 22.1 Å². The van der Waals surface area contributed by atoms with Gasteiger partial charge in [-0.25, -0.2) is 4.79 Å². The summed E-state index contributed by atoms with van der Waals surface area (Å²) in [6, 6.07) is 13.1. The quantitative estimate of drug-likeness (QED) is 0.653. The van der Waals surface area contributed by atoms with Crippen molar-refractivity contribution in [3.05, 3.63) is 53.6 Å². The third kappa shape index (κ3) is 2.44. The lowest BCUT2D eigenvalue weighted by molar-refractivity contribution is 0.0326. The highest BCUT2D eigenvalue weighted by Gasteiger charge is 2.35. The van der Waals surface area contributed by atoms with E-state index in [-0.39, 0.29) is 0 Å². The summed E-state index contributed by atoms with van der Waals surface area (Å²) in [7, 11) is 3.02. The summed E-state index contributed by atoms with van der Waals surface area (Å²) in [5.74, 6) is 0.432. The summed E-state index contributed by atoms with van der Waals surface area (Å²) in [6.07, 6.45) is -0.595.